The number of hydrogen-bond donors (Lipinski definition) is 0. The number of allylic oxidation sites excluding steroid dienone is 8. The van der Waals surface area contributed by atoms with E-state index in [1.54, 1.807) is 0 Å². The molecule has 286 valence electrons. The Labute approximate surface area is 325 Å². The highest BCUT2D eigenvalue weighted by molar-refractivity contribution is 6.33. The normalized spacial score (nSPS) is 19.4. The number of nitrogens with zero attached hydrogens (tertiary/aromatic N) is 3. The van der Waals surface area contributed by atoms with E-state index < -0.39 is 7.54 Å². The first-order valence-corrected chi connectivity index (χ1v) is 19.1. The Bertz CT molecular complexity index is 2010. The summed E-state index contributed by atoms with van der Waals surface area (Å²) < 4.78 is 31.5. The van der Waals surface area contributed by atoms with E-state index >= 15 is 0 Å². The summed E-state index contributed by atoms with van der Waals surface area (Å²) in [6, 6.07) is 35.6. The number of hydrogen-bond acceptors (Lipinski definition) is 2. The molecule has 4 aromatic carbocycles. The molecule has 0 bridgehead atoms. The number of rotatable bonds is 6. The summed E-state index contributed by atoms with van der Waals surface area (Å²) in [5.74, 6) is 0. The Morgan fingerprint density at radius 1 is 0.600 bits per heavy atom. The van der Waals surface area contributed by atoms with Crippen LogP contribution in [-0.4, -0.2) is 26.3 Å². The van der Waals surface area contributed by atoms with E-state index in [0.29, 0.717) is 0 Å². The molecule has 2 aliphatic heterocycles. The SMILES string of the molecule is CCN1C(=CC=C2CC/C(=C\C=C3\N(CC)c4ccc(C)cc4C3(C)C)C2=[N+](c2ccccc2)c2ccccc2)C(C)(C)c2cc(C)ccc21.FB(F)F.[F-]. The van der Waals surface area contributed by atoms with Crippen molar-refractivity contribution in [2.24, 2.45) is 0 Å². The van der Waals surface area contributed by atoms with Crippen molar-refractivity contribution in [1.82, 2.24) is 4.58 Å². The van der Waals surface area contributed by atoms with E-state index in [1.807, 2.05) is 0 Å². The van der Waals surface area contributed by atoms with E-state index in [4.69, 9.17) is 0 Å². The lowest BCUT2D eigenvalue weighted by molar-refractivity contribution is -0.0000141. The fourth-order valence-corrected chi connectivity index (χ4v) is 8.50. The summed E-state index contributed by atoms with van der Waals surface area (Å²) >= 11 is 0. The molecule has 0 atom stereocenters. The van der Waals surface area contributed by atoms with Crippen LogP contribution in [0.5, 0.6) is 0 Å². The zero-order valence-electron chi connectivity index (χ0n) is 33.3. The molecule has 8 heteroatoms. The first-order chi connectivity index (χ1) is 25.8. The molecule has 3 aliphatic rings. The van der Waals surface area contributed by atoms with Crippen LogP contribution in [0.4, 0.5) is 35.7 Å². The molecule has 1 aliphatic carbocycles. The topological polar surface area (TPSA) is 9.49 Å². The van der Waals surface area contributed by atoms with Gasteiger partial charge < -0.3 is 14.5 Å². The predicted molar refractivity (Wildman–Crippen MR) is 224 cm³/mol. The molecule has 0 aromatic heterocycles. The van der Waals surface area contributed by atoms with Gasteiger partial charge >= 0.3 is 7.54 Å². The zero-order chi connectivity index (χ0) is 38.8. The van der Waals surface area contributed by atoms with Gasteiger partial charge in [0, 0.05) is 82.1 Å². The lowest BCUT2D eigenvalue weighted by Crippen LogP contribution is -3.00. The van der Waals surface area contributed by atoms with Crippen LogP contribution in [0.1, 0.15) is 76.6 Å². The van der Waals surface area contributed by atoms with Crippen LogP contribution < -0.4 is 19.1 Å². The average Bonchev–Trinajstić information content (AvgIpc) is 3.71. The Morgan fingerprint density at radius 3 is 1.31 bits per heavy atom. The molecule has 3 nitrogen and oxygen atoms in total. The summed E-state index contributed by atoms with van der Waals surface area (Å²) in [4.78, 5) is 5.02. The highest BCUT2D eigenvalue weighted by Gasteiger charge is 2.41. The maximum absolute atomic E-state index is 9.67. The molecule has 0 unspecified atom stereocenters. The summed E-state index contributed by atoms with van der Waals surface area (Å²) in [5.41, 5.74) is 17.0. The third-order valence-electron chi connectivity index (χ3n) is 11.1. The van der Waals surface area contributed by atoms with Crippen molar-refractivity contribution in [2.75, 3.05) is 22.9 Å². The Morgan fingerprint density at radius 2 is 0.964 bits per heavy atom. The molecular formula is C47H52BF4N3. The van der Waals surface area contributed by atoms with Gasteiger partial charge in [0.1, 0.15) is 0 Å². The van der Waals surface area contributed by atoms with E-state index in [-0.39, 0.29) is 15.5 Å². The van der Waals surface area contributed by atoms with Crippen LogP contribution in [0.15, 0.2) is 144 Å². The second-order valence-electron chi connectivity index (χ2n) is 15.4. The van der Waals surface area contributed by atoms with Gasteiger partial charge in [-0.3, -0.25) is 12.9 Å². The standard InChI is InChI=1S/C47H52N3.BF3.FH/c1-9-48-41-27-21-33(3)31-39(41)46(5,6)43(48)29-25-35-23-24-36(45(35)50(37-17-13-11-14-18-37)38-19-15-12-16-20-38)26-30-44-47(7,8)40-32-34(4)22-28-42(40)49(44)10-2;2-1(3)4;/h11-22,25-32H,9-10,23-24H2,1-8H3;;1H/q+1;;/p-1. The largest absolute Gasteiger partial charge is 1.00 e. The molecule has 0 saturated heterocycles. The molecule has 4 aromatic rings. The van der Waals surface area contributed by atoms with Gasteiger partial charge in [-0.25, -0.2) is 0 Å². The molecule has 0 N–H and O–H groups in total. The minimum Gasteiger partial charge on any atom is -1.00 e. The number of fused-ring (bicyclic) bond motifs is 2. The van der Waals surface area contributed by atoms with E-state index in [9.17, 15) is 12.9 Å². The maximum atomic E-state index is 9.67. The Hall–Kier alpha value is -5.11. The molecule has 55 heavy (non-hydrogen) atoms. The maximum Gasteiger partial charge on any atom is 0.762 e. The quantitative estimate of drug-likeness (QED) is 0.111. The van der Waals surface area contributed by atoms with Crippen molar-refractivity contribution in [3.05, 3.63) is 166 Å². The van der Waals surface area contributed by atoms with Crippen molar-refractivity contribution in [3.8, 4) is 0 Å². The van der Waals surface area contributed by atoms with Crippen molar-refractivity contribution < 1.29 is 17.7 Å². The molecule has 0 spiro atoms. The van der Waals surface area contributed by atoms with Crippen LogP contribution in [0, 0.1) is 13.8 Å². The number of halogens is 4. The highest BCUT2D eigenvalue weighted by atomic mass is 19.4. The second-order valence-corrected chi connectivity index (χ2v) is 15.4. The number of aryl methyl sites for hydroxylation is 2. The van der Waals surface area contributed by atoms with Gasteiger partial charge in [-0.1, -0.05) is 112 Å². The minimum absolute atomic E-state index is 0. The van der Waals surface area contributed by atoms with Gasteiger partial charge in [-0.15, -0.1) is 0 Å². The third kappa shape index (κ3) is 8.01. The molecule has 1 saturated carbocycles. The first kappa shape index (κ1) is 41.1. The third-order valence-corrected chi connectivity index (χ3v) is 11.1. The van der Waals surface area contributed by atoms with E-state index in [2.05, 4.69) is 191 Å². The Kier molecular flexibility index (Phi) is 12.5. The van der Waals surface area contributed by atoms with E-state index in [1.165, 1.54) is 73.3 Å². The highest BCUT2D eigenvalue weighted by Crippen LogP contribution is 2.49. The molecular weight excluding hydrogens is 693 g/mol. The van der Waals surface area contributed by atoms with Gasteiger partial charge in [0.25, 0.3) is 0 Å². The molecule has 2 heterocycles. The van der Waals surface area contributed by atoms with Crippen LogP contribution in [0.25, 0.3) is 0 Å². The monoisotopic (exact) mass is 745 g/mol. The molecule has 1 fully saturated rings. The number of benzene rings is 4. The van der Waals surface area contributed by atoms with Crippen molar-refractivity contribution in [3.63, 3.8) is 0 Å². The van der Waals surface area contributed by atoms with E-state index in [0.717, 1.165) is 25.9 Å². The summed E-state index contributed by atoms with van der Waals surface area (Å²) in [6.07, 6.45) is 11.7. The second kappa shape index (κ2) is 16.7. The summed E-state index contributed by atoms with van der Waals surface area (Å²) in [6.45, 7) is 20.3. The number of para-hydroxylation sites is 2. The average molecular weight is 746 g/mol. The summed E-state index contributed by atoms with van der Waals surface area (Å²) in [7, 11) is -3.67. The lowest BCUT2D eigenvalue weighted by atomic mass is 9.83. The van der Waals surface area contributed by atoms with Crippen LogP contribution in [0.2, 0.25) is 0 Å². The zero-order valence-corrected chi connectivity index (χ0v) is 33.3. The predicted octanol–water partition coefficient (Wildman–Crippen LogP) is 9.51. The molecule has 7 rings (SSSR count). The fourth-order valence-electron chi connectivity index (χ4n) is 8.50. The van der Waals surface area contributed by atoms with Crippen LogP contribution in [-0.2, 0) is 10.8 Å². The van der Waals surface area contributed by atoms with Crippen molar-refractivity contribution in [2.45, 2.75) is 79.1 Å². The van der Waals surface area contributed by atoms with Gasteiger partial charge in [0.15, 0.2) is 0 Å². The molecule has 0 radical (unpaired) electrons. The van der Waals surface area contributed by atoms with Crippen LogP contribution >= 0.6 is 0 Å². The fraction of sp³-hybridized carbons (Fsp3) is 0.298. The van der Waals surface area contributed by atoms with Gasteiger partial charge in [-0.05, 0) is 75.9 Å². The van der Waals surface area contributed by atoms with Gasteiger partial charge in [0.05, 0.1) is 0 Å². The summed E-state index contributed by atoms with van der Waals surface area (Å²) in [5, 5.41) is 0. The minimum atomic E-state index is -3.67. The molecule has 0 amide bonds. The first-order valence-electron chi connectivity index (χ1n) is 19.1. The Balaban J connectivity index is 0.00000111. The smallest absolute Gasteiger partial charge is 0.762 e. The van der Waals surface area contributed by atoms with Crippen molar-refractivity contribution in [1.29, 1.82) is 0 Å². The van der Waals surface area contributed by atoms with Crippen LogP contribution in [0.3, 0.4) is 0 Å². The number of anilines is 2. The van der Waals surface area contributed by atoms with Gasteiger partial charge in [0.2, 0.25) is 17.1 Å². The van der Waals surface area contributed by atoms with Gasteiger partial charge in [-0.2, -0.15) is 4.58 Å². The number of likely N-dealkylation sites (N-methyl/N-ethyl adjacent to an activating group) is 2. The lowest BCUT2D eigenvalue weighted by Gasteiger charge is -2.26. The van der Waals surface area contributed by atoms with Crippen molar-refractivity contribution >= 4 is 36.0 Å².